The second-order valence-corrected chi connectivity index (χ2v) is 2.60. The zero-order valence-electron chi connectivity index (χ0n) is 7.02. The van der Waals surface area contributed by atoms with E-state index in [0.717, 1.165) is 17.9 Å². The first-order valence-corrected chi connectivity index (χ1v) is 3.84. The lowest BCUT2D eigenvalue weighted by atomic mass is 10.2. The molecular weight excluding hydrogens is 136 g/mol. The number of hydrogen-bond acceptors (Lipinski definition) is 2. The van der Waals surface area contributed by atoms with Gasteiger partial charge in [-0.1, -0.05) is 6.07 Å². The van der Waals surface area contributed by atoms with E-state index in [4.69, 9.17) is 5.73 Å². The van der Waals surface area contributed by atoms with E-state index in [-0.39, 0.29) is 0 Å². The van der Waals surface area contributed by atoms with Gasteiger partial charge in [0.2, 0.25) is 0 Å². The van der Waals surface area contributed by atoms with Gasteiger partial charge in [0.05, 0.1) is 0 Å². The van der Waals surface area contributed by atoms with Crippen molar-refractivity contribution >= 4 is 11.4 Å². The normalized spacial score (nSPS) is 9.64. The van der Waals surface area contributed by atoms with Gasteiger partial charge in [0, 0.05) is 17.9 Å². The maximum absolute atomic E-state index is 5.62. The molecule has 3 N–H and O–H groups in total. The molecule has 0 saturated heterocycles. The molecule has 1 rings (SSSR count). The predicted octanol–water partition coefficient (Wildman–Crippen LogP) is 2.01. The summed E-state index contributed by atoms with van der Waals surface area (Å²) in [5.74, 6) is 0. The van der Waals surface area contributed by atoms with Crippen LogP contribution in [0, 0.1) is 6.92 Å². The van der Waals surface area contributed by atoms with E-state index in [2.05, 4.69) is 19.2 Å². The maximum atomic E-state index is 5.62. The van der Waals surface area contributed by atoms with Crippen LogP contribution in [-0.4, -0.2) is 6.54 Å². The first-order valence-electron chi connectivity index (χ1n) is 3.84. The first kappa shape index (κ1) is 7.92. The summed E-state index contributed by atoms with van der Waals surface area (Å²) in [5, 5.41) is 3.24. The SMILES string of the molecule is CCNc1cc(N)ccc1C. The molecule has 0 fully saturated rings. The molecule has 0 spiro atoms. The minimum atomic E-state index is 0.812. The van der Waals surface area contributed by atoms with Gasteiger partial charge in [-0.05, 0) is 31.5 Å². The molecule has 0 heterocycles. The minimum absolute atomic E-state index is 0.812. The van der Waals surface area contributed by atoms with Crippen LogP contribution in [0.5, 0.6) is 0 Å². The van der Waals surface area contributed by atoms with Crippen molar-refractivity contribution in [1.82, 2.24) is 0 Å². The van der Waals surface area contributed by atoms with Gasteiger partial charge < -0.3 is 11.1 Å². The summed E-state index contributed by atoms with van der Waals surface area (Å²) < 4.78 is 0. The number of benzene rings is 1. The van der Waals surface area contributed by atoms with E-state index < -0.39 is 0 Å². The van der Waals surface area contributed by atoms with Gasteiger partial charge in [0.15, 0.2) is 0 Å². The molecule has 2 nitrogen and oxygen atoms in total. The summed E-state index contributed by atoms with van der Waals surface area (Å²) in [4.78, 5) is 0. The van der Waals surface area contributed by atoms with Gasteiger partial charge in [-0.2, -0.15) is 0 Å². The summed E-state index contributed by atoms with van der Waals surface area (Å²) in [7, 11) is 0. The average molecular weight is 150 g/mol. The third-order valence-electron chi connectivity index (χ3n) is 1.63. The monoisotopic (exact) mass is 150 g/mol. The Morgan fingerprint density at radius 1 is 1.45 bits per heavy atom. The van der Waals surface area contributed by atoms with Crippen LogP contribution in [0.25, 0.3) is 0 Å². The van der Waals surface area contributed by atoms with Crippen molar-refractivity contribution in [2.45, 2.75) is 13.8 Å². The third-order valence-corrected chi connectivity index (χ3v) is 1.63. The Kier molecular flexibility index (Phi) is 2.36. The van der Waals surface area contributed by atoms with Crippen molar-refractivity contribution in [3.05, 3.63) is 23.8 Å². The molecule has 11 heavy (non-hydrogen) atoms. The fourth-order valence-corrected chi connectivity index (χ4v) is 1.02. The van der Waals surface area contributed by atoms with Gasteiger partial charge in [-0.3, -0.25) is 0 Å². The lowest BCUT2D eigenvalue weighted by Crippen LogP contribution is -1.99. The minimum Gasteiger partial charge on any atom is -0.399 e. The van der Waals surface area contributed by atoms with Gasteiger partial charge in [-0.15, -0.1) is 0 Å². The second kappa shape index (κ2) is 3.28. The van der Waals surface area contributed by atoms with Gasteiger partial charge in [-0.25, -0.2) is 0 Å². The van der Waals surface area contributed by atoms with Gasteiger partial charge >= 0.3 is 0 Å². The molecule has 60 valence electrons. The van der Waals surface area contributed by atoms with Crippen molar-refractivity contribution in [2.75, 3.05) is 17.6 Å². The Morgan fingerprint density at radius 3 is 2.82 bits per heavy atom. The number of nitrogen functional groups attached to an aromatic ring is 1. The summed E-state index contributed by atoms with van der Waals surface area (Å²) in [6.45, 7) is 5.07. The molecular formula is C9H14N2. The molecule has 0 saturated carbocycles. The molecule has 0 aliphatic heterocycles. The molecule has 0 atom stereocenters. The van der Waals surface area contributed by atoms with Crippen molar-refractivity contribution in [1.29, 1.82) is 0 Å². The van der Waals surface area contributed by atoms with Crippen LogP contribution in [0.1, 0.15) is 12.5 Å². The van der Waals surface area contributed by atoms with E-state index in [1.54, 1.807) is 0 Å². The highest BCUT2D eigenvalue weighted by Gasteiger charge is 1.95. The summed E-state index contributed by atoms with van der Waals surface area (Å²) >= 11 is 0. The molecule has 0 aromatic heterocycles. The predicted molar refractivity (Wildman–Crippen MR) is 49.8 cm³/mol. The number of aryl methyl sites for hydroxylation is 1. The molecule has 0 aliphatic rings. The molecule has 1 aromatic rings. The molecule has 1 aromatic carbocycles. The van der Waals surface area contributed by atoms with Crippen molar-refractivity contribution in [2.24, 2.45) is 0 Å². The van der Waals surface area contributed by atoms with Crippen LogP contribution in [0.15, 0.2) is 18.2 Å². The lowest BCUT2D eigenvalue weighted by molar-refractivity contribution is 1.20. The molecule has 0 amide bonds. The van der Waals surface area contributed by atoms with Crippen molar-refractivity contribution < 1.29 is 0 Å². The highest BCUT2D eigenvalue weighted by molar-refractivity contribution is 5.58. The fourth-order valence-electron chi connectivity index (χ4n) is 1.02. The summed E-state index contributed by atoms with van der Waals surface area (Å²) in [6, 6.07) is 5.89. The first-order chi connectivity index (χ1) is 5.24. The average Bonchev–Trinajstić information content (AvgIpc) is 1.98. The number of nitrogens with two attached hydrogens (primary N) is 1. The Hall–Kier alpha value is -1.18. The van der Waals surface area contributed by atoms with Crippen LogP contribution >= 0.6 is 0 Å². The van der Waals surface area contributed by atoms with E-state index in [1.165, 1.54) is 5.56 Å². The van der Waals surface area contributed by atoms with E-state index >= 15 is 0 Å². The number of anilines is 2. The number of rotatable bonds is 2. The molecule has 0 bridgehead atoms. The Labute approximate surface area is 67.4 Å². The molecule has 0 aliphatic carbocycles. The van der Waals surface area contributed by atoms with E-state index in [0.29, 0.717) is 0 Å². The van der Waals surface area contributed by atoms with Crippen molar-refractivity contribution in [3.63, 3.8) is 0 Å². The van der Waals surface area contributed by atoms with Gasteiger partial charge in [0.1, 0.15) is 0 Å². The summed E-state index contributed by atoms with van der Waals surface area (Å²) in [5.41, 5.74) is 8.80. The van der Waals surface area contributed by atoms with E-state index in [9.17, 15) is 0 Å². The van der Waals surface area contributed by atoms with Crippen molar-refractivity contribution in [3.8, 4) is 0 Å². The highest BCUT2D eigenvalue weighted by Crippen LogP contribution is 2.17. The topological polar surface area (TPSA) is 38.0 Å². The smallest absolute Gasteiger partial charge is 0.0390 e. The zero-order chi connectivity index (χ0) is 8.27. The largest absolute Gasteiger partial charge is 0.399 e. The third kappa shape index (κ3) is 1.87. The number of hydrogen-bond donors (Lipinski definition) is 2. The number of nitrogens with one attached hydrogen (secondary N) is 1. The van der Waals surface area contributed by atoms with E-state index in [1.807, 2.05) is 18.2 Å². The Balaban J connectivity index is 2.93. The van der Waals surface area contributed by atoms with Crippen LogP contribution in [-0.2, 0) is 0 Å². The van der Waals surface area contributed by atoms with Crippen LogP contribution in [0.3, 0.4) is 0 Å². The fraction of sp³-hybridized carbons (Fsp3) is 0.333. The van der Waals surface area contributed by atoms with Gasteiger partial charge in [0.25, 0.3) is 0 Å². The molecule has 0 radical (unpaired) electrons. The molecule has 2 heteroatoms. The highest BCUT2D eigenvalue weighted by atomic mass is 14.9. The standard InChI is InChI=1S/C9H14N2/c1-3-11-9-6-8(10)5-4-7(9)2/h4-6,11H,3,10H2,1-2H3. The lowest BCUT2D eigenvalue weighted by Gasteiger charge is -2.07. The van der Waals surface area contributed by atoms with Crippen LogP contribution in [0.2, 0.25) is 0 Å². The Morgan fingerprint density at radius 2 is 2.18 bits per heavy atom. The molecule has 0 unspecified atom stereocenters. The summed E-state index contributed by atoms with van der Waals surface area (Å²) in [6.07, 6.45) is 0. The zero-order valence-corrected chi connectivity index (χ0v) is 7.02. The van der Waals surface area contributed by atoms with Crippen LogP contribution in [0.4, 0.5) is 11.4 Å². The maximum Gasteiger partial charge on any atom is 0.0390 e. The Bertz CT molecular complexity index is 243. The second-order valence-electron chi connectivity index (χ2n) is 2.60. The van der Waals surface area contributed by atoms with Crippen LogP contribution < -0.4 is 11.1 Å². The quantitative estimate of drug-likeness (QED) is 0.633.